The van der Waals surface area contributed by atoms with E-state index in [0.717, 1.165) is 5.56 Å². The van der Waals surface area contributed by atoms with Crippen molar-refractivity contribution in [1.82, 2.24) is 14.9 Å². The first kappa shape index (κ1) is 18.5. The summed E-state index contributed by atoms with van der Waals surface area (Å²) in [7, 11) is 0. The van der Waals surface area contributed by atoms with E-state index < -0.39 is 5.60 Å². The molecule has 1 saturated heterocycles. The van der Waals surface area contributed by atoms with Crippen molar-refractivity contribution < 1.29 is 9.53 Å². The molecule has 1 aliphatic heterocycles. The summed E-state index contributed by atoms with van der Waals surface area (Å²) < 4.78 is 5.98. The molecule has 2 aromatic rings. The quantitative estimate of drug-likeness (QED) is 0.823. The van der Waals surface area contributed by atoms with Crippen LogP contribution < -0.4 is 9.64 Å². The Morgan fingerprint density at radius 1 is 1.15 bits per heavy atom. The third kappa shape index (κ3) is 4.07. The molecule has 1 aromatic heterocycles. The summed E-state index contributed by atoms with van der Waals surface area (Å²) in [5, 5.41) is 0.502. The van der Waals surface area contributed by atoms with Crippen molar-refractivity contribution >= 4 is 23.5 Å². The average molecular weight is 375 g/mol. The molecule has 138 valence electrons. The summed E-state index contributed by atoms with van der Waals surface area (Å²) in [6.45, 7) is 8.11. The van der Waals surface area contributed by atoms with Gasteiger partial charge in [-0.3, -0.25) is 4.79 Å². The van der Waals surface area contributed by atoms with Crippen molar-refractivity contribution in [3.8, 4) is 5.75 Å². The summed E-state index contributed by atoms with van der Waals surface area (Å²) in [4.78, 5) is 25.4. The lowest BCUT2D eigenvalue weighted by molar-refractivity contribution is -0.145. The van der Waals surface area contributed by atoms with E-state index in [2.05, 4.69) is 14.9 Å². The van der Waals surface area contributed by atoms with Gasteiger partial charge >= 0.3 is 0 Å². The van der Waals surface area contributed by atoms with Crippen molar-refractivity contribution in [3.63, 3.8) is 0 Å². The van der Waals surface area contributed by atoms with Crippen LogP contribution in [0.5, 0.6) is 5.75 Å². The molecule has 0 aliphatic carbocycles. The van der Waals surface area contributed by atoms with Gasteiger partial charge in [-0.05, 0) is 44.5 Å². The van der Waals surface area contributed by atoms with E-state index in [1.54, 1.807) is 38.4 Å². The van der Waals surface area contributed by atoms with Crippen molar-refractivity contribution in [2.24, 2.45) is 0 Å². The second-order valence-corrected chi connectivity index (χ2v) is 7.28. The second kappa shape index (κ2) is 7.50. The number of halogens is 1. The van der Waals surface area contributed by atoms with E-state index >= 15 is 0 Å². The number of benzene rings is 1. The molecule has 0 saturated carbocycles. The first-order valence-corrected chi connectivity index (χ1v) is 9.01. The standard InChI is InChI=1S/C19H23ClN4O2/c1-14-5-6-15(20)16(13-14)26-19(2,3)17(25)23-9-11-24(12-10-23)18-21-7-4-8-22-18/h4-8,13H,9-12H2,1-3H3. The van der Waals surface area contributed by atoms with Gasteiger partial charge in [-0.2, -0.15) is 0 Å². The van der Waals surface area contributed by atoms with Gasteiger partial charge in [0.1, 0.15) is 5.75 Å². The van der Waals surface area contributed by atoms with E-state index in [1.165, 1.54) is 0 Å². The van der Waals surface area contributed by atoms with Crippen LogP contribution in [-0.2, 0) is 4.79 Å². The van der Waals surface area contributed by atoms with Gasteiger partial charge in [0.2, 0.25) is 5.95 Å². The zero-order valence-electron chi connectivity index (χ0n) is 15.3. The number of aromatic nitrogens is 2. The number of nitrogens with zero attached hydrogens (tertiary/aromatic N) is 4. The van der Waals surface area contributed by atoms with Crippen molar-refractivity contribution in [2.75, 3.05) is 31.1 Å². The van der Waals surface area contributed by atoms with Crippen LogP contribution in [-0.4, -0.2) is 52.6 Å². The predicted molar refractivity (Wildman–Crippen MR) is 102 cm³/mol. The maximum atomic E-state index is 13.0. The molecule has 0 unspecified atom stereocenters. The first-order valence-electron chi connectivity index (χ1n) is 8.63. The molecule has 26 heavy (non-hydrogen) atoms. The van der Waals surface area contributed by atoms with Gasteiger partial charge in [0.05, 0.1) is 5.02 Å². The van der Waals surface area contributed by atoms with Gasteiger partial charge in [-0.25, -0.2) is 9.97 Å². The number of hydrogen-bond donors (Lipinski definition) is 0. The molecular weight excluding hydrogens is 352 g/mol. The monoisotopic (exact) mass is 374 g/mol. The van der Waals surface area contributed by atoms with Crippen LogP contribution in [0.3, 0.4) is 0 Å². The number of anilines is 1. The Morgan fingerprint density at radius 2 is 1.81 bits per heavy atom. The summed E-state index contributed by atoms with van der Waals surface area (Å²) >= 11 is 6.21. The number of ether oxygens (including phenoxy) is 1. The van der Waals surface area contributed by atoms with Crippen LogP contribution in [0.1, 0.15) is 19.4 Å². The maximum absolute atomic E-state index is 13.0. The molecule has 1 aliphatic rings. The smallest absolute Gasteiger partial charge is 0.266 e. The number of piperazine rings is 1. The normalized spacial score (nSPS) is 15.1. The molecule has 0 N–H and O–H groups in total. The highest BCUT2D eigenvalue weighted by Gasteiger charge is 2.36. The highest BCUT2D eigenvalue weighted by Crippen LogP contribution is 2.29. The molecular formula is C19H23ClN4O2. The number of amides is 1. The van der Waals surface area contributed by atoms with Crippen LogP contribution in [0.4, 0.5) is 5.95 Å². The molecule has 1 amide bonds. The maximum Gasteiger partial charge on any atom is 0.266 e. The van der Waals surface area contributed by atoms with E-state index in [-0.39, 0.29) is 5.91 Å². The SMILES string of the molecule is Cc1ccc(Cl)c(OC(C)(C)C(=O)N2CCN(c3ncccn3)CC2)c1. The first-order chi connectivity index (χ1) is 12.4. The van der Waals surface area contributed by atoms with E-state index in [4.69, 9.17) is 16.3 Å². The summed E-state index contributed by atoms with van der Waals surface area (Å²) in [5.41, 5.74) is 0.0344. The predicted octanol–water partition coefficient (Wildman–Crippen LogP) is 2.94. The number of carbonyl (C=O) groups is 1. The number of aryl methyl sites for hydroxylation is 1. The number of carbonyl (C=O) groups excluding carboxylic acids is 1. The van der Waals surface area contributed by atoms with Gasteiger partial charge in [-0.1, -0.05) is 17.7 Å². The van der Waals surface area contributed by atoms with Crippen LogP contribution in [0.15, 0.2) is 36.7 Å². The van der Waals surface area contributed by atoms with Crippen LogP contribution >= 0.6 is 11.6 Å². The van der Waals surface area contributed by atoms with E-state index in [9.17, 15) is 4.79 Å². The molecule has 0 spiro atoms. The van der Waals surface area contributed by atoms with Crippen LogP contribution in [0.2, 0.25) is 5.02 Å². The Labute approximate surface area is 158 Å². The third-order valence-electron chi connectivity index (χ3n) is 4.37. The lowest BCUT2D eigenvalue weighted by atomic mass is 10.1. The molecule has 0 atom stereocenters. The Bertz CT molecular complexity index is 774. The zero-order valence-corrected chi connectivity index (χ0v) is 16.0. The zero-order chi connectivity index (χ0) is 18.7. The number of rotatable bonds is 4. The van der Waals surface area contributed by atoms with Crippen molar-refractivity contribution in [1.29, 1.82) is 0 Å². The van der Waals surface area contributed by atoms with E-state index in [0.29, 0.717) is 42.9 Å². The minimum absolute atomic E-state index is 0.0521. The molecule has 0 bridgehead atoms. The minimum atomic E-state index is -0.997. The third-order valence-corrected chi connectivity index (χ3v) is 4.68. The highest BCUT2D eigenvalue weighted by molar-refractivity contribution is 6.32. The largest absolute Gasteiger partial charge is 0.476 e. The molecule has 7 heteroatoms. The summed E-state index contributed by atoms with van der Waals surface area (Å²) in [6.07, 6.45) is 3.45. The molecule has 0 radical (unpaired) electrons. The lowest BCUT2D eigenvalue weighted by Crippen LogP contribution is -2.56. The van der Waals surface area contributed by atoms with E-state index in [1.807, 2.05) is 24.0 Å². The Kier molecular flexibility index (Phi) is 5.32. The fraction of sp³-hybridized carbons (Fsp3) is 0.421. The average Bonchev–Trinajstić information content (AvgIpc) is 2.65. The van der Waals surface area contributed by atoms with Gasteiger partial charge in [0, 0.05) is 38.6 Å². The topological polar surface area (TPSA) is 58.6 Å². The number of hydrogen-bond acceptors (Lipinski definition) is 5. The fourth-order valence-electron chi connectivity index (χ4n) is 2.95. The lowest BCUT2D eigenvalue weighted by Gasteiger charge is -2.38. The minimum Gasteiger partial charge on any atom is -0.476 e. The fourth-order valence-corrected chi connectivity index (χ4v) is 3.11. The Balaban J connectivity index is 1.64. The van der Waals surface area contributed by atoms with Gasteiger partial charge in [0.15, 0.2) is 5.60 Å². The molecule has 3 rings (SSSR count). The molecule has 6 nitrogen and oxygen atoms in total. The Hall–Kier alpha value is -2.34. The van der Waals surface area contributed by atoms with Crippen LogP contribution in [0.25, 0.3) is 0 Å². The highest BCUT2D eigenvalue weighted by atomic mass is 35.5. The van der Waals surface area contributed by atoms with Gasteiger partial charge < -0.3 is 14.5 Å². The Morgan fingerprint density at radius 3 is 2.46 bits per heavy atom. The molecule has 1 fully saturated rings. The second-order valence-electron chi connectivity index (χ2n) is 6.87. The van der Waals surface area contributed by atoms with Gasteiger partial charge in [-0.15, -0.1) is 0 Å². The van der Waals surface area contributed by atoms with Crippen LogP contribution in [0, 0.1) is 6.92 Å². The summed E-state index contributed by atoms with van der Waals surface area (Å²) in [5.74, 6) is 1.17. The van der Waals surface area contributed by atoms with Crippen molar-refractivity contribution in [2.45, 2.75) is 26.4 Å². The molecule has 2 heterocycles. The molecule has 1 aromatic carbocycles. The van der Waals surface area contributed by atoms with Gasteiger partial charge in [0.25, 0.3) is 5.91 Å². The van der Waals surface area contributed by atoms with Crippen molar-refractivity contribution in [3.05, 3.63) is 47.2 Å². The summed E-state index contributed by atoms with van der Waals surface area (Å²) in [6, 6.07) is 7.34.